The Morgan fingerprint density at radius 1 is 1.55 bits per heavy atom. The standard InChI is InChI=1S/C7H18N2O2/c1-6(2)3-7(8,4-10)5-11-9/h6,10H,3-5,8-9H2,1-2H3. The van der Waals surface area contributed by atoms with Crippen LogP contribution in [-0.4, -0.2) is 23.9 Å². The summed E-state index contributed by atoms with van der Waals surface area (Å²) in [6.45, 7) is 4.17. The van der Waals surface area contributed by atoms with Gasteiger partial charge in [-0.2, -0.15) is 0 Å². The zero-order valence-corrected chi connectivity index (χ0v) is 7.21. The molecule has 0 radical (unpaired) electrons. The minimum Gasteiger partial charge on any atom is -0.394 e. The van der Waals surface area contributed by atoms with Crippen LogP contribution in [-0.2, 0) is 4.84 Å². The van der Waals surface area contributed by atoms with Crippen LogP contribution in [0.1, 0.15) is 20.3 Å². The monoisotopic (exact) mass is 162 g/mol. The lowest BCUT2D eigenvalue weighted by Gasteiger charge is -2.27. The molecule has 0 aliphatic rings. The molecule has 0 saturated heterocycles. The first kappa shape index (κ1) is 10.8. The summed E-state index contributed by atoms with van der Waals surface area (Å²) in [7, 11) is 0. The van der Waals surface area contributed by atoms with Crippen molar-refractivity contribution in [2.45, 2.75) is 25.8 Å². The van der Waals surface area contributed by atoms with Crippen molar-refractivity contribution in [3.63, 3.8) is 0 Å². The molecule has 0 fully saturated rings. The van der Waals surface area contributed by atoms with Crippen LogP contribution in [0, 0.1) is 5.92 Å². The first-order valence-electron chi connectivity index (χ1n) is 3.75. The van der Waals surface area contributed by atoms with E-state index in [0.717, 1.165) is 0 Å². The SMILES string of the molecule is CC(C)CC(N)(CO)CON. The zero-order valence-electron chi connectivity index (χ0n) is 7.21. The van der Waals surface area contributed by atoms with Crippen LogP contribution in [0.2, 0.25) is 0 Å². The fourth-order valence-electron chi connectivity index (χ4n) is 1.15. The van der Waals surface area contributed by atoms with Gasteiger partial charge in [0, 0.05) is 0 Å². The van der Waals surface area contributed by atoms with E-state index in [1.54, 1.807) is 0 Å². The number of rotatable bonds is 5. The molecule has 1 unspecified atom stereocenters. The lowest BCUT2D eigenvalue weighted by Crippen LogP contribution is -2.49. The lowest BCUT2D eigenvalue weighted by atomic mass is 9.91. The van der Waals surface area contributed by atoms with Crippen molar-refractivity contribution >= 4 is 0 Å². The highest BCUT2D eigenvalue weighted by Gasteiger charge is 2.25. The second kappa shape index (κ2) is 4.66. The number of aliphatic hydroxyl groups excluding tert-OH is 1. The van der Waals surface area contributed by atoms with Gasteiger partial charge in [0.25, 0.3) is 0 Å². The van der Waals surface area contributed by atoms with Gasteiger partial charge in [0.05, 0.1) is 18.8 Å². The molecule has 0 spiro atoms. The highest BCUT2D eigenvalue weighted by Crippen LogP contribution is 2.13. The predicted molar refractivity (Wildman–Crippen MR) is 43.6 cm³/mol. The Hall–Kier alpha value is -0.160. The summed E-state index contributed by atoms with van der Waals surface area (Å²) in [6, 6.07) is 0. The van der Waals surface area contributed by atoms with E-state index in [9.17, 15) is 0 Å². The van der Waals surface area contributed by atoms with Gasteiger partial charge in [-0.1, -0.05) is 13.8 Å². The van der Waals surface area contributed by atoms with E-state index in [1.807, 2.05) is 13.8 Å². The molecule has 0 aromatic rings. The van der Waals surface area contributed by atoms with Crippen molar-refractivity contribution < 1.29 is 9.94 Å². The largest absolute Gasteiger partial charge is 0.394 e. The third-order valence-electron chi connectivity index (χ3n) is 1.50. The smallest absolute Gasteiger partial charge is 0.0881 e. The van der Waals surface area contributed by atoms with Crippen LogP contribution < -0.4 is 11.6 Å². The van der Waals surface area contributed by atoms with Gasteiger partial charge in [0.1, 0.15) is 0 Å². The molecule has 0 amide bonds. The normalized spacial score (nSPS) is 16.9. The molecule has 11 heavy (non-hydrogen) atoms. The molecule has 5 N–H and O–H groups in total. The van der Waals surface area contributed by atoms with E-state index < -0.39 is 5.54 Å². The van der Waals surface area contributed by atoms with Crippen LogP contribution >= 0.6 is 0 Å². The molecule has 0 aromatic heterocycles. The lowest BCUT2D eigenvalue weighted by molar-refractivity contribution is 0.0450. The summed E-state index contributed by atoms with van der Waals surface area (Å²) in [5, 5.41) is 8.90. The Bertz CT molecular complexity index is 109. The van der Waals surface area contributed by atoms with Crippen LogP contribution in [0.4, 0.5) is 0 Å². The minimum absolute atomic E-state index is 0.0949. The fourth-order valence-corrected chi connectivity index (χ4v) is 1.15. The molecule has 0 aliphatic heterocycles. The Morgan fingerprint density at radius 2 is 2.09 bits per heavy atom. The summed E-state index contributed by atoms with van der Waals surface area (Å²) < 4.78 is 0. The second-order valence-electron chi connectivity index (χ2n) is 3.43. The summed E-state index contributed by atoms with van der Waals surface area (Å²) in [6.07, 6.45) is 0.709. The Kier molecular flexibility index (Phi) is 4.60. The van der Waals surface area contributed by atoms with Crippen molar-refractivity contribution in [2.75, 3.05) is 13.2 Å². The second-order valence-corrected chi connectivity index (χ2v) is 3.43. The molecular formula is C7H18N2O2. The maximum absolute atomic E-state index is 8.90. The number of hydrogen-bond acceptors (Lipinski definition) is 4. The van der Waals surface area contributed by atoms with Gasteiger partial charge in [-0.05, 0) is 12.3 Å². The molecule has 0 bridgehead atoms. The van der Waals surface area contributed by atoms with Crippen molar-refractivity contribution in [3.05, 3.63) is 0 Å². The molecule has 0 heterocycles. The zero-order chi connectivity index (χ0) is 8.91. The molecule has 1 atom stereocenters. The van der Waals surface area contributed by atoms with Gasteiger partial charge in [-0.15, -0.1) is 0 Å². The van der Waals surface area contributed by atoms with Crippen LogP contribution in [0.5, 0.6) is 0 Å². The van der Waals surface area contributed by atoms with E-state index in [-0.39, 0.29) is 13.2 Å². The number of aliphatic hydroxyl groups is 1. The fraction of sp³-hybridized carbons (Fsp3) is 1.00. The highest BCUT2D eigenvalue weighted by atomic mass is 16.6. The molecule has 0 rings (SSSR count). The van der Waals surface area contributed by atoms with E-state index in [0.29, 0.717) is 12.3 Å². The Balaban J connectivity index is 3.87. The first-order valence-corrected chi connectivity index (χ1v) is 3.75. The Morgan fingerprint density at radius 3 is 2.36 bits per heavy atom. The van der Waals surface area contributed by atoms with E-state index >= 15 is 0 Å². The quantitative estimate of drug-likeness (QED) is 0.481. The van der Waals surface area contributed by atoms with Gasteiger partial charge in [0.2, 0.25) is 0 Å². The van der Waals surface area contributed by atoms with Crippen molar-refractivity contribution in [1.82, 2.24) is 0 Å². The minimum atomic E-state index is -0.678. The molecule has 68 valence electrons. The average Bonchev–Trinajstić information content (AvgIpc) is 1.87. The molecule has 0 aromatic carbocycles. The maximum atomic E-state index is 8.90. The van der Waals surface area contributed by atoms with E-state index in [1.165, 1.54) is 0 Å². The molecule has 4 nitrogen and oxygen atoms in total. The van der Waals surface area contributed by atoms with Crippen LogP contribution in [0.15, 0.2) is 0 Å². The molecule has 0 saturated carbocycles. The summed E-state index contributed by atoms with van der Waals surface area (Å²) in [4.78, 5) is 4.41. The third-order valence-corrected chi connectivity index (χ3v) is 1.50. The van der Waals surface area contributed by atoms with E-state index in [2.05, 4.69) is 4.84 Å². The van der Waals surface area contributed by atoms with Gasteiger partial charge < -0.3 is 15.7 Å². The van der Waals surface area contributed by atoms with Crippen LogP contribution in [0.3, 0.4) is 0 Å². The molecule has 4 heteroatoms. The van der Waals surface area contributed by atoms with Crippen LogP contribution in [0.25, 0.3) is 0 Å². The summed E-state index contributed by atoms with van der Waals surface area (Å²) >= 11 is 0. The number of hydrogen-bond donors (Lipinski definition) is 3. The van der Waals surface area contributed by atoms with Crippen molar-refractivity contribution in [2.24, 2.45) is 17.5 Å². The first-order chi connectivity index (χ1) is 5.04. The van der Waals surface area contributed by atoms with Gasteiger partial charge in [0.15, 0.2) is 0 Å². The topological polar surface area (TPSA) is 81.5 Å². The van der Waals surface area contributed by atoms with Crippen molar-refractivity contribution in [3.8, 4) is 0 Å². The molecular weight excluding hydrogens is 144 g/mol. The van der Waals surface area contributed by atoms with E-state index in [4.69, 9.17) is 16.7 Å². The van der Waals surface area contributed by atoms with Gasteiger partial charge in [-0.3, -0.25) is 0 Å². The van der Waals surface area contributed by atoms with Gasteiger partial charge in [-0.25, -0.2) is 5.90 Å². The summed E-state index contributed by atoms with van der Waals surface area (Å²) in [5.74, 6) is 5.31. The predicted octanol–water partition coefficient (Wildman–Crippen LogP) is -0.387. The highest BCUT2D eigenvalue weighted by molar-refractivity contribution is 4.83. The third kappa shape index (κ3) is 4.31. The number of nitrogens with two attached hydrogens (primary N) is 2. The summed E-state index contributed by atoms with van der Waals surface area (Å²) in [5.41, 5.74) is 5.08. The average molecular weight is 162 g/mol. The maximum Gasteiger partial charge on any atom is 0.0881 e. The van der Waals surface area contributed by atoms with Gasteiger partial charge >= 0.3 is 0 Å². The van der Waals surface area contributed by atoms with Crippen molar-refractivity contribution in [1.29, 1.82) is 0 Å². The molecule has 0 aliphatic carbocycles. The Labute approximate surface area is 67.5 Å².